The van der Waals surface area contributed by atoms with Crippen molar-refractivity contribution in [2.24, 2.45) is 0 Å². The van der Waals surface area contributed by atoms with Crippen LogP contribution in [0.1, 0.15) is 30.9 Å². The van der Waals surface area contributed by atoms with Gasteiger partial charge in [-0.1, -0.05) is 6.92 Å². The smallest absolute Gasteiger partial charge is 0.120 e. The first-order valence-electron chi connectivity index (χ1n) is 5.03. The predicted octanol–water partition coefficient (Wildman–Crippen LogP) is 2.66. The summed E-state index contributed by atoms with van der Waals surface area (Å²) in [6, 6.07) is 7.90. The van der Waals surface area contributed by atoms with Crippen LogP contribution in [0.4, 0.5) is 0 Å². The van der Waals surface area contributed by atoms with Crippen LogP contribution < -0.4 is 4.74 Å². The van der Waals surface area contributed by atoms with Gasteiger partial charge in [-0.3, -0.25) is 0 Å². The van der Waals surface area contributed by atoms with E-state index in [2.05, 4.69) is 13.0 Å². The molecule has 1 saturated carbocycles. The van der Waals surface area contributed by atoms with E-state index < -0.39 is 0 Å². The van der Waals surface area contributed by atoms with E-state index in [1.54, 1.807) is 0 Å². The van der Waals surface area contributed by atoms with Crippen molar-refractivity contribution < 1.29 is 4.74 Å². The summed E-state index contributed by atoms with van der Waals surface area (Å²) < 4.78 is 5.66. The van der Waals surface area contributed by atoms with Crippen molar-refractivity contribution in [3.05, 3.63) is 29.3 Å². The Balaban J connectivity index is 2.22. The molecule has 0 radical (unpaired) electrons. The van der Waals surface area contributed by atoms with E-state index >= 15 is 0 Å². The summed E-state index contributed by atoms with van der Waals surface area (Å²) in [4.78, 5) is 0. The van der Waals surface area contributed by atoms with Gasteiger partial charge in [0.25, 0.3) is 0 Å². The zero-order chi connectivity index (χ0) is 9.97. The minimum absolute atomic E-state index is 0.424. The van der Waals surface area contributed by atoms with Crippen LogP contribution in [0.15, 0.2) is 18.2 Å². The van der Waals surface area contributed by atoms with Crippen molar-refractivity contribution in [1.29, 1.82) is 5.26 Å². The van der Waals surface area contributed by atoms with E-state index in [9.17, 15) is 0 Å². The van der Waals surface area contributed by atoms with Gasteiger partial charge in [0.05, 0.1) is 17.7 Å². The van der Waals surface area contributed by atoms with Crippen LogP contribution in [0.2, 0.25) is 0 Å². The van der Waals surface area contributed by atoms with E-state index in [1.807, 2.05) is 18.2 Å². The number of nitriles is 1. The van der Waals surface area contributed by atoms with Gasteiger partial charge in [0.1, 0.15) is 5.75 Å². The molecule has 2 heteroatoms. The Kier molecular flexibility index (Phi) is 2.41. The average molecular weight is 187 g/mol. The molecule has 2 nitrogen and oxygen atoms in total. The van der Waals surface area contributed by atoms with E-state index in [0.29, 0.717) is 6.10 Å². The molecule has 0 saturated heterocycles. The van der Waals surface area contributed by atoms with Crippen LogP contribution in [0.3, 0.4) is 0 Å². The largest absolute Gasteiger partial charge is 0.490 e. The van der Waals surface area contributed by atoms with Crippen LogP contribution >= 0.6 is 0 Å². The fourth-order valence-electron chi connectivity index (χ4n) is 1.42. The fraction of sp³-hybridized carbons (Fsp3) is 0.417. The number of nitrogens with zero attached hydrogens (tertiary/aromatic N) is 1. The first kappa shape index (κ1) is 9.08. The molecule has 0 atom stereocenters. The molecule has 0 N–H and O–H groups in total. The quantitative estimate of drug-likeness (QED) is 0.728. The van der Waals surface area contributed by atoms with Crippen LogP contribution in [-0.2, 0) is 6.42 Å². The average Bonchev–Trinajstić information content (AvgIpc) is 3.01. The van der Waals surface area contributed by atoms with Crippen molar-refractivity contribution in [1.82, 2.24) is 0 Å². The maximum Gasteiger partial charge on any atom is 0.120 e. The van der Waals surface area contributed by atoms with Gasteiger partial charge in [-0.25, -0.2) is 0 Å². The van der Waals surface area contributed by atoms with Crippen LogP contribution in [0.5, 0.6) is 5.75 Å². The standard InChI is InChI=1S/C12H13NO/c1-2-9-7-12(14-11-5-6-11)4-3-10(9)8-13/h3-4,7,11H,2,5-6H2,1H3. The normalized spacial score (nSPS) is 14.9. The van der Waals surface area contributed by atoms with Gasteiger partial charge in [0, 0.05) is 0 Å². The number of hydrogen-bond donors (Lipinski definition) is 0. The Morgan fingerprint density at radius 1 is 1.50 bits per heavy atom. The molecular weight excluding hydrogens is 174 g/mol. The molecule has 1 aliphatic rings. The highest BCUT2D eigenvalue weighted by atomic mass is 16.5. The summed E-state index contributed by atoms with van der Waals surface area (Å²) in [5.74, 6) is 0.906. The van der Waals surface area contributed by atoms with Crippen molar-refractivity contribution in [2.75, 3.05) is 0 Å². The van der Waals surface area contributed by atoms with E-state index in [-0.39, 0.29) is 0 Å². The number of benzene rings is 1. The van der Waals surface area contributed by atoms with Crippen LogP contribution in [-0.4, -0.2) is 6.10 Å². The third-order valence-corrected chi connectivity index (χ3v) is 2.41. The van der Waals surface area contributed by atoms with Gasteiger partial charge in [0.15, 0.2) is 0 Å². The Morgan fingerprint density at radius 2 is 2.29 bits per heavy atom. The highest BCUT2D eigenvalue weighted by molar-refractivity contribution is 5.42. The lowest BCUT2D eigenvalue weighted by Gasteiger charge is -2.06. The number of aryl methyl sites for hydroxylation is 1. The predicted molar refractivity (Wildman–Crippen MR) is 54.2 cm³/mol. The highest BCUT2D eigenvalue weighted by Crippen LogP contribution is 2.28. The second-order valence-electron chi connectivity index (χ2n) is 3.60. The van der Waals surface area contributed by atoms with E-state index in [0.717, 1.165) is 23.3 Å². The summed E-state index contributed by atoms with van der Waals surface area (Å²) in [7, 11) is 0. The minimum Gasteiger partial charge on any atom is -0.490 e. The number of rotatable bonds is 3. The summed E-state index contributed by atoms with van der Waals surface area (Å²) >= 11 is 0. The fourth-order valence-corrected chi connectivity index (χ4v) is 1.42. The van der Waals surface area contributed by atoms with Gasteiger partial charge >= 0.3 is 0 Å². The molecule has 0 aliphatic heterocycles. The Hall–Kier alpha value is -1.49. The Labute approximate surface area is 84.1 Å². The molecule has 0 aromatic heterocycles. The van der Waals surface area contributed by atoms with Crippen molar-refractivity contribution >= 4 is 0 Å². The first-order chi connectivity index (χ1) is 6.83. The molecule has 2 rings (SSSR count). The van der Waals surface area contributed by atoms with Crippen LogP contribution in [0, 0.1) is 11.3 Å². The Morgan fingerprint density at radius 3 is 2.86 bits per heavy atom. The second kappa shape index (κ2) is 3.71. The van der Waals surface area contributed by atoms with Gasteiger partial charge < -0.3 is 4.74 Å². The molecule has 72 valence electrons. The monoisotopic (exact) mass is 187 g/mol. The number of ether oxygens (including phenoxy) is 1. The minimum atomic E-state index is 0.424. The lowest BCUT2D eigenvalue weighted by atomic mass is 10.1. The third kappa shape index (κ3) is 1.88. The molecule has 0 amide bonds. The van der Waals surface area contributed by atoms with E-state index in [1.165, 1.54) is 12.8 Å². The van der Waals surface area contributed by atoms with Crippen molar-refractivity contribution in [2.45, 2.75) is 32.3 Å². The van der Waals surface area contributed by atoms with Gasteiger partial charge in [-0.05, 0) is 43.0 Å². The Bertz CT molecular complexity index is 374. The topological polar surface area (TPSA) is 33.0 Å². The summed E-state index contributed by atoms with van der Waals surface area (Å²) in [5, 5.41) is 8.84. The molecule has 0 unspecified atom stereocenters. The van der Waals surface area contributed by atoms with Gasteiger partial charge in [-0.15, -0.1) is 0 Å². The first-order valence-corrected chi connectivity index (χ1v) is 5.03. The molecule has 1 aliphatic carbocycles. The zero-order valence-electron chi connectivity index (χ0n) is 8.29. The van der Waals surface area contributed by atoms with Gasteiger partial charge in [0.2, 0.25) is 0 Å². The van der Waals surface area contributed by atoms with E-state index in [4.69, 9.17) is 10.00 Å². The molecule has 14 heavy (non-hydrogen) atoms. The zero-order valence-corrected chi connectivity index (χ0v) is 8.29. The third-order valence-electron chi connectivity index (χ3n) is 2.41. The summed E-state index contributed by atoms with van der Waals surface area (Å²) in [6.45, 7) is 2.05. The van der Waals surface area contributed by atoms with Crippen molar-refractivity contribution in [3.63, 3.8) is 0 Å². The second-order valence-corrected chi connectivity index (χ2v) is 3.60. The SMILES string of the molecule is CCc1cc(OC2CC2)ccc1C#N. The molecule has 0 heterocycles. The summed E-state index contributed by atoms with van der Waals surface area (Å²) in [6.07, 6.45) is 3.64. The maximum absolute atomic E-state index is 8.84. The molecule has 1 aromatic carbocycles. The van der Waals surface area contributed by atoms with Crippen molar-refractivity contribution in [3.8, 4) is 11.8 Å². The molecule has 0 bridgehead atoms. The lowest BCUT2D eigenvalue weighted by molar-refractivity contribution is 0.303. The molecule has 1 aromatic rings. The summed E-state index contributed by atoms with van der Waals surface area (Å²) in [5.41, 5.74) is 1.83. The molecule has 1 fully saturated rings. The molecular formula is C12H13NO. The molecule has 0 spiro atoms. The highest BCUT2D eigenvalue weighted by Gasteiger charge is 2.23. The lowest BCUT2D eigenvalue weighted by Crippen LogP contribution is -1.97. The van der Waals surface area contributed by atoms with Gasteiger partial charge in [-0.2, -0.15) is 5.26 Å². The maximum atomic E-state index is 8.84. The number of hydrogen-bond acceptors (Lipinski definition) is 2. The van der Waals surface area contributed by atoms with Crippen LogP contribution in [0.25, 0.3) is 0 Å².